The second-order valence-corrected chi connectivity index (χ2v) is 6.50. The summed E-state index contributed by atoms with van der Waals surface area (Å²) >= 11 is 0. The standard InChI is InChI=1S/C14H22N2O4S/c1-3-10-15(11-4-2)21(19,20)16(12-14(17)18)13-8-6-5-7-9-13/h5-9H,3-4,10-12H2,1-2H3,(H,17,18). The lowest BCUT2D eigenvalue weighted by Gasteiger charge is -2.30. The molecule has 0 radical (unpaired) electrons. The van der Waals surface area contributed by atoms with Gasteiger partial charge in [-0.05, 0) is 25.0 Å². The zero-order valence-electron chi connectivity index (χ0n) is 12.4. The van der Waals surface area contributed by atoms with Crippen molar-refractivity contribution in [1.29, 1.82) is 0 Å². The van der Waals surface area contributed by atoms with Crippen LogP contribution >= 0.6 is 0 Å². The van der Waals surface area contributed by atoms with Crippen LogP contribution in [0.4, 0.5) is 5.69 Å². The summed E-state index contributed by atoms with van der Waals surface area (Å²) in [6.07, 6.45) is 1.35. The predicted molar refractivity (Wildman–Crippen MR) is 82.5 cm³/mol. The first-order valence-corrected chi connectivity index (χ1v) is 8.37. The minimum atomic E-state index is -3.85. The Bertz CT molecular complexity index is 539. The number of rotatable bonds is 9. The summed E-state index contributed by atoms with van der Waals surface area (Å²) < 4.78 is 27.8. The summed E-state index contributed by atoms with van der Waals surface area (Å²) in [4.78, 5) is 11.0. The molecule has 1 N–H and O–H groups in total. The van der Waals surface area contributed by atoms with E-state index in [2.05, 4.69) is 0 Å². The molecule has 7 heteroatoms. The van der Waals surface area contributed by atoms with Gasteiger partial charge in [0, 0.05) is 13.1 Å². The molecule has 0 aliphatic carbocycles. The average molecular weight is 314 g/mol. The number of hydrogen-bond donors (Lipinski definition) is 1. The molecule has 0 heterocycles. The van der Waals surface area contributed by atoms with Crippen molar-refractivity contribution >= 4 is 21.9 Å². The molecule has 1 aromatic rings. The van der Waals surface area contributed by atoms with Gasteiger partial charge in [-0.25, -0.2) is 4.31 Å². The smallest absolute Gasteiger partial charge is 0.324 e. The van der Waals surface area contributed by atoms with Crippen LogP contribution in [-0.4, -0.2) is 43.4 Å². The van der Waals surface area contributed by atoms with Crippen LogP contribution in [0.2, 0.25) is 0 Å². The maximum absolute atomic E-state index is 12.7. The van der Waals surface area contributed by atoms with E-state index in [9.17, 15) is 13.2 Å². The Morgan fingerprint density at radius 3 is 2.05 bits per heavy atom. The van der Waals surface area contributed by atoms with Crippen LogP contribution < -0.4 is 4.31 Å². The van der Waals surface area contributed by atoms with Gasteiger partial charge in [0.1, 0.15) is 6.54 Å². The molecule has 6 nitrogen and oxygen atoms in total. The second kappa shape index (κ2) is 7.99. The third-order valence-electron chi connectivity index (χ3n) is 2.87. The van der Waals surface area contributed by atoms with Gasteiger partial charge in [-0.1, -0.05) is 32.0 Å². The Kier molecular flexibility index (Phi) is 6.64. The molecule has 0 aromatic heterocycles. The molecule has 0 saturated heterocycles. The lowest BCUT2D eigenvalue weighted by Crippen LogP contribution is -2.46. The van der Waals surface area contributed by atoms with Crippen molar-refractivity contribution in [2.24, 2.45) is 0 Å². The number of benzene rings is 1. The third-order valence-corrected chi connectivity index (χ3v) is 4.79. The highest BCUT2D eigenvalue weighted by Crippen LogP contribution is 2.20. The Balaban J connectivity index is 3.19. The number of carboxylic acid groups (broad SMARTS) is 1. The topological polar surface area (TPSA) is 77.9 Å². The summed E-state index contributed by atoms with van der Waals surface area (Å²) in [5, 5.41) is 9.03. The number of carboxylic acids is 1. The minimum Gasteiger partial charge on any atom is -0.480 e. The highest BCUT2D eigenvalue weighted by atomic mass is 32.2. The highest BCUT2D eigenvalue weighted by molar-refractivity contribution is 7.90. The summed E-state index contributed by atoms with van der Waals surface area (Å²) in [5.74, 6) is -1.18. The molecule has 1 rings (SSSR count). The number of anilines is 1. The fourth-order valence-electron chi connectivity index (χ4n) is 2.00. The lowest BCUT2D eigenvalue weighted by molar-refractivity contribution is -0.135. The molecular formula is C14H22N2O4S. The number of hydrogen-bond acceptors (Lipinski definition) is 3. The monoisotopic (exact) mass is 314 g/mol. The first kappa shape index (κ1) is 17.5. The van der Waals surface area contributed by atoms with Gasteiger partial charge >= 0.3 is 16.2 Å². The zero-order chi connectivity index (χ0) is 15.9. The number of nitrogens with zero attached hydrogens (tertiary/aromatic N) is 2. The van der Waals surface area contributed by atoms with Gasteiger partial charge in [-0.3, -0.25) is 4.79 Å². The van der Waals surface area contributed by atoms with Crippen LogP contribution in [0.1, 0.15) is 26.7 Å². The molecule has 0 saturated carbocycles. The fraction of sp³-hybridized carbons (Fsp3) is 0.500. The van der Waals surface area contributed by atoms with E-state index in [1.165, 1.54) is 4.31 Å². The van der Waals surface area contributed by atoms with Crippen LogP contribution in [0.15, 0.2) is 30.3 Å². The molecule has 21 heavy (non-hydrogen) atoms. The highest BCUT2D eigenvalue weighted by Gasteiger charge is 2.30. The molecule has 0 unspecified atom stereocenters. The summed E-state index contributed by atoms with van der Waals surface area (Å²) in [5.41, 5.74) is 0.358. The molecule has 0 aliphatic rings. The van der Waals surface area contributed by atoms with Crippen LogP contribution in [0, 0.1) is 0 Å². The molecule has 0 spiro atoms. The minimum absolute atomic E-state index is 0.358. The van der Waals surface area contributed by atoms with E-state index in [4.69, 9.17) is 5.11 Å². The number of para-hydroxylation sites is 1. The fourth-order valence-corrected chi connectivity index (χ4v) is 3.77. The summed E-state index contributed by atoms with van der Waals surface area (Å²) in [7, 11) is -3.85. The van der Waals surface area contributed by atoms with Crippen molar-refractivity contribution in [2.75, 3.05) is 23.9 Å². The quantitative estimate of drug-likeness (QED) is 0.755. The van der Waals surface area contributed by atoms with Crippen LogP contribution in [-0.2, 0) is 15.0 Å². The van der Waals surface area contributed by atoms with E-state index >= 15 is 0 Å². The largest absolute Gasteiger partial charge is 0.480 e. The van der Waals surface area contributed by atoms with E-state index in [1.54, 1.807) is 30.3 Å². The van der Waals surface area contributed by atoms with Crippen LogP contribution in [0.5, 0.6) is 0 Å². The first-order valence-electron chi connectivity index (χ1n) is 6.98. The third kappa shape index (κ3) is 4.71. The Morgan fingerprint density at radius 2 is 1.62 bits per heavy atom. The van der Waals surface area contributed by atoms with Gasteiger partial charge in [0.05, 0.1) is 5.69 Å². The number of aliphatic carboxylic acids is 1. The van der Waals surface area contributed by atoms with E-state index in [-0.39, 0.29) is 0 Å². The van der Waals surface area contributed by atoms with E-state index < -0.39 is 22.7 Å². The van der Waals surface area contributed by atoms with Crippen molar-refractivity contribution in [1.82, 2.24) is 4.31 Å². The molecule has 0 atom stereocenters. The molecule has 1 aromatic carbocycles. The van der Waals surface area contributed by atoms with Crippen LogP contribution in [0.25, 0.3) is 0 Å². The van der Waals surface area contributed by atoms with Gasteiger partial charge in [0.15, 0.2) is 0 Å². The zero-order valence-corrected chi connectivity index (χ0v) is 13.2. The maximum atomic E-state index is 12.7. The number of carbonyl (C=O) groups is 1. The van der Waals surface area contributed by atoms with E-state index in [0.717, 1.165) is 4.31 Å². The first-order chi connectivity index (χ1) is 9.93. The Hall–Kier alpha value is -1.60. The molecule has 0 bridgehead atoms. The molecule has 118 valence electrons. The van der Waals surface area contributed by atoms with Crippen molar-refractivity contribution in [3.05, 3.63) is 30.3 Å². The predicted octanol–water partition coefficient (Wildman–Crippen LogP) is 1.94. The maximum Gasteiger partial charge on any atom is 0.324 e. The SMILES string of the molecule is CCCN(CCC)S(=O)(=O)N(CC(=O)O)c1ccccc1. The van der Waals surface area contributed by atoms with Crippen LogP contribution in [0.3, 0.4) is 0 Å². The summed E-state index contributed by atoms with van der Waals surface area (Å²) in [6, 6.07) is 8.31. The van der Waals surface area contributed by atoms with E-state index in [1.807, 2.05) is 13.8 Å². The molecule has 0 fully saturated rings. The lowest BCUT2D eigenvalue weighted by atomic mass is 10.3. The van der Waals surface area contributed by atoms with Gasteiger partial charge < -0.3 is 5.11 Å². The van der Waals surface area contributed by atoms with Crippen molar-refractivity contribution in [2.45, 2.75) is 26.7 Å². The molecule has 0 aliphatic heterocycles. The van der Waals surface area contributed by atoms with Crippen molar-refractivity contribution in [3.8, 4) is 0 Å². The molecule has 0 amide bonds. The van der Waals surface area contributed by atoms with E-state index in [0.29, 0.717) is 31.6 Å². The Labute approximate surface area is 126 Å². The van der Waals surface area contributed by atoms with Crippen molar-refractivity contribution in [3.63, 3.8) is 0 Å². The van der Waals surface area contributed by atoms with Crippen molar-refractivity contribution < 1.29 is 18.3 Å². The van der Waals surface area contributed by atoms with Gasteiger partial charge in [-0.15, -0.1) is 0 Å². The molecular weight excluding hydrogens is 292 g/mol. The van der Waals surface area contributed by atoms with Gasteiger partial charge in [0.25, 0.3) is 0 Å². The second-order valence-electron chi connectivity index (χ2n) is 4.64. The summed E-state index contributed by atoms with van der Waals surface area (Å²) in [6.45, 7) is 3.94. The van der Waals surface area contributed by atoms with Gasteiger partial charge in [0.2, 0.25) is 0 Å². The average Bonchev–Trinajstić information content (AvgIpc) is 2.45. The van der Waals surface area contributed by atoms with Gasteiger partial charge in [-0.2, -0.15) is 12.7 Å². The normalized spacial score (nSPS) is 11.6. The Morgan fingerprint density at radius 1 is 1.10 bits per heavy atom.